The maximum Gasteiger partial charge on any atom is 0.391 e. The van der Waals surface area contributed by atoms with Crippen molar-refractivity contribution in [3.8, 4) is 0 Å². The molecule has 0 aliphatic heterocycles. The minimum absolute atomic E-state index is 0.124. The maximum absolute atomic E-state index is 11.9. The molecule has 1 aromatic rings. The number of hydrogen-bond donors (Lipinski definition) is 2. The van der Waals surface area contributed by atoms with Gasteiger partial charge in [0, 0.05) is 24.4 Å². The van der Waals surface area contributed by atoms with Crippen LogP contribution in [0.15, 0.2) is 18.2 Å². The number of nitrogen functional groups attached to an aromatic ring is 1. The van der Waals surface area contributed by atoms with Crippen molar-refractivity contribution < 1.29 is 22.7 Å². The summed E-state index contributed by atoms with van der Waals surface area (Å²) in [4.78, 5) is 11.7. The van der Waals surface area contributed by atoms with Crippen molar-refractivity contribution in [3.05, 3.63) is 23.8 Å². The molecule has 0 bridgehead atoms. The molecule has 7 heteroatoms. The second-order valence-electron chi connectivity index (χ2n) is 4.65. The summed E-state index contributed by atoms with van der Waals surface area (Å²) < 4.78 is 40.4. The molecule has 0 unspecified atom stereocenters. The van der Waals surface area contributed by atoms with Gasteiger partial charge in [0.25, 0.3) is 0 Å². The summed E-state index contributed by atoms with van der Waals surface area (Å²) in [5, 5.41) is 2.71. The molecule has 0 fully saturated rings. The Morgan fingerprint density at radius 1 is 1.33 bits per heavy atom. The van der Waals surface area contributed by atoms with Gasteiger partial charge in [0.2, 0.25) is 5.91 Å². The van der Waals surface area contributed by atoms with E-state index >= 15 is 0 Å². The Labute approximate surface area is 121 Å². The molecule has 0 aromatic heterocycles. The number of carbonyl (C=O) groups excluding carboxylic acids is 1. The van der Waals surface area contributed by atoms with Crippen molar-refractivity contribution in [1.82, 2.24) is 0 Å². The highest BCUT2D eigenvalue weighted by molar-refractivity contribution is 5.92. The summed E-state index contributed by atoms with van der Waals surface area (Å²) in [6.45, 7) is 1.55. The Balaban J connectivity index is 2.21. The molecule has 0 atom stereocenters. The van der Waals surface area contributed by atoms with Crippen LogP contribution in [-0.4, -0.2) is 25.3 Å². The number of nitrogens with two attached hydrogens (primary N) is 1. The van der Waals surface area contributed by atoms with Crippen molar-refractivity contribution in [1.29, 1.82) is 0 Å². The van der Waals surface area contributed by atoms with Crippen LogP contribution < -0.4 is 11.1 Å². The highest BCUT2D eigenvalue weighted by Gasteiger charge is 2.26. The Morgan fingerprint density at radius 2 is 2.05 bits per heavy atom. The van der Waals surface area contributed by atoms with Crippen molar-refractivity contribution in [2.24, 2.45) is 0 Å². The topological polar surface area (TPSA) is 64.3 Å². The fourth-order valence-corrected chi connectivity index (χ4v) is 1.63. The van der Waals surface area contributed by atoms with Gasteiger partial charge in [0.05, 0.1) is 13.0 Å². The second-order valence-corrected chi connectivity index (χ2v) is 4.65. The number of alkyl halides is 3. The van der Waals surface area contributed by atoms with Crippen LogP contribution in [0.1, 0.15) is 24.8 Å². The van der Waals surface area contributed by atoms with E-state index in [1.807, 2.05) is 0 Å². The third kappa shape index (κ3) is 6.99. The number of nitrogens with one attached hydrogen (secondary N) is 1. The first-order valence-corrected chi connectivity index (χ1v) is 6.59. The Kier molecular flexibility index (Phi) is 6.48. The minimum Gasteiger partial charge on any atom is -0.398 e. The predicted molar refractivity (Wildman–Crippen MR) is 74.9 cm³/mol. The number of anilines is 2. The number of rotatable bonds is 7. The van der Waals surface area contributed by atoms with Gasteiger partial charge < -0.3 is 15.8 Å². The quantitative estimate of drug-likeness (QED) is 0.600. The average Bonchev–Trinajstić information content (AvgIpc) is 2.38. The minimum atomic E-state index is -4.21. The van der Waals surface area contributed by atoms with Crippen molar-refractivity contribution in [3.63, 3.8) is 0 Å². The van der Waals surface area contributed by atoms with E-state index in [-0.39, 0.29) is 25.5 Å². The van der Waals surface area contributed by atoms with Crippen LogP contribution in [0, 0.1) is 6.92 Å². The van der Waals surface area contributed by atoms with Gasteiger partial charge in [-0.1, -0.05) is 6.07 Å². The summed E-state index contributed by atoms with van der Waals surface area (Å²) in [5.74, 6) is -0.219. The average molecular weight is 304 g/mol. The van der Waals surface area contributed by atoms with Crippen LogP contribution in [0.2, 0.25) is 0 Å². The lowest BCUT2D eigenvalue weighted by molar-refractivity contribution is -0.145. The summed E-state index contributed by atoms with van der Waals surface area (Å²) in [7, 11) is 0. The van der Waals surface area contributed by atoms with Crippen molar-refractivity contribution >= 4 is 17.3 Å². The Hall–Kier alpha value is -1.76. The SMILES string of the molecule is Cc1c(N)cccc1NC(=O)CCCOCCC(F)(F)F. The monoisotopic (exact) mass is 304 g/mol. The number of carbonyl (C=O) groups is 1. The van der Waals surface area contributed by atoms with Crippen molar-refractivity contribution in [2.75, 3.05) is 24.3 Å². The summed E-state index contributed by atoms with van der Waals surface area (Å²) >= 11 is 0. The van der Waals surface area contributed by atoms with Gasteiger partial charge in [-0.25, -0.2) is 0 Å². The zero-order valence-corrected chi connectivity index (χ0v) is 11.8. The molecule has 118 valence electrons. The van der Waals surface area contributed by atoms with Crippen LogP contribution in [0.4, 0.5) is 24.5 Å². The molecule has 0 saturated heterocycles. The van der Waals surface area contributed by atoms with Crippen LogP contribution >= 0.6 is 0 Å². The first-order valence-electron chi connectivity index (χ1n) is 6.59. The fraction of sp³-hybridized carbons (Fsp3) is 0.500. The maximum atomic E-state index is 11.9. The Bertz CT molecular complexity index is 476. The number of hydrogen-bond acceptors (Lipinski definition) is 3. The summed E-state index contributed by atoms with van der Waals surface area (Å²) in [6, 6.07) is 5.21. The van der Waals surface area contributed by atoms with Crippen molar-refractivity contribution in [2.45, 2.75) is 32.4 Å². The highest BCUT2D eigenvalue weighted by atomic mass is 19.4. The van der Waals surface area contributed by atoms with E-state index in [2.05, 4.69) is 5.32 Å². The van der Waals surface area contributed by atoms with Gasteiger partial charge in [-0.3, -0.25) is 4.79 Å². The van der Waals surface area contributed by atoms with E-state index in [0.717, 1.165) is 5.56 Å². The number of halogens is 3. The van der Waals surface area contributed by atoms with Crippen LogP contribution in [0.3, 0.4) is 0 Å². The number of amides is 1. The lowest BCUT2D eigenvalue weighted by Gasteiger charge is -2.10. The molecule has 0 aliphatic carbocycles. The molecule has 4 nitrogen and oxygen atoms in total. The molecule has 0 heterocycles. The van der Waals surface area contributed by atoms with E-state index in [1.165, 1.54) is 0 Å². The van der Waals surface area contributed by atoms with E-state index in [1.54, 1.807) is 25.1 Å². The third-order valence-electron chi connectivity index (χ3n) is 2.87. The van der Waals surface area contributed by atoms with Gasteiger partial charge in [-0.2, -0.15) is 13.2 Å². The van der Waals surface area contributed by atoms with Crippen LogP contribution in [0.25, 0.3) is 0 Å². The smallest absolute Gasteiger partial charge is 0.391 e. The zero-order chi connectivity index (χ0) is 15.9. The van der Waals surface area contributed by atoms with Crippen LogP contribution in [0.5, 0.6) is 0 Å². The molecule has 0 aliphatic rings. The van der Waals surface area contributed by atoms with E-state index in [4.69, 9.17) is 10.5 Å². The molecule has 1 aromatic carbocycles. The van der Waals surface area contributed by atoms with E-state index < -0.39 is 12.6 Å². The summed E-state index contributed by atoms with van der Waals surface area (Å²) in [6.07, 6.45) is -4.63. The highest BCUT2D eigenvalue weighted by Crippen LogP contribution is 2.21. The predicted octanol–water partition coefficient (Wildman–Crippen LogP) is 3.26. The molecular weight excluding hydrogens is 285 g/mol. The van der Waals surface area contributed by atoms with Gasteiger partial charge in [0.1, 0.15) is 0 Å². The number of benzene rings is 1. The molecular formula is C14H19F3N2O2. The molecule has 0 radical (unpaired) electrons. The van der Waals surface area contributed by atoms with E-state index in [0.29, 0.717) is 17.8 Å². The Morgan fingerprint density at radius 3 is 2.71 bits per heavy atom. The first-order chi connectivity index (χ1) is 9.79. The zero-order valence-electron chi connectivity index (χ0n) is 11.8. The number of ether oxygens (including phenoxy) is 1. The fourth-order valence-electron chi connectivity index (χ4n) is 1.63. The normalized spacial score (nSPS) is 11.4. The molecule has 1 rings (SSSR count). The molecule has 0 saturated carbocycles. The van der Waals surface area contributed by atoms with Gasteiger partial charge in [0.15, 0.2) is 0 Å². The standard InChI is InChI=1S/C14H19F3N2O2/c1-10-11(18)4-2-5-12(10)19-13(20)6-3-8-21-9-7-14(15,16)17/h2,4-5H,3,6-9,18H2,1H3,(H,19,20). The molecule has 21 heavy (non-hydrogen) atoms. The van der Waals surface area contributed by atoms with Gasteiger partial charge in [-0.15, -0.1) is 0 Å². The largest absolute Gasteiger partial charge is 0.398 e. The van der Waals surface area contributed by atoms with Crippen LogP contribution in [-0.2, 0) is 9.53 Å². The van der Waals surface area contributed by atoms with E-state index in [9.17, 15) is 18.0 Å². The molecule has 0 spiro atoms. The lowest BCUT2D eigenvalue weighted by atomic mass is 10.1. The second kappa shape index (κ2) is 7.87. The lowest BCUT2D eigenvalue weighted by Crippen LogP contribution is -2.15. The van der Waals surface area contributed by atoms with Gasteiger partial charge in [-0.05, 0) is 31.0 Å². The third-order valence-corrected chi connectivity index (χ3v) is 2.87. The molecule has 1 amide bonds. The first kappa shape index (κ1) is 17.3. The van der Waals surface area contributed by atoms with Gasteiger partial charge >= 0.3 is 6.18 Å². The molecule has 3 N–H and O–H groups in total. The summed E-state index contributed by atoms with van der Waals surface area (Å²) in [5.41, 5.74) is 7.73.